The summed E-state index contributed by atoms with van der Waals surface area (Å²) in [5.74, 6) is 1.96. The van der Waals surface area contributed by atoms with E-state index in [1.165, 1.54) is 19.4 Å². The van der Waals surface area contributed by atoms with Crippen LogP contribution in [0, 0.1) is 18.8 Å². The molecule has 1 amide bonds. The molecule has 0 unspecified atom stereocenters. The van der Waals surface area contributed by atoms with Crippen LogP contribution in [0.15, 0.2) is 10.6 Å². The molecule has 0 aromatic carbocycles. The zero-order chi connectivity index (χ0) is 16.0. The van der Waals surface area contributed by atoms with Crippen LogP contribution in [0.2, 0.25) is 0 Å². The summed E-state index contributed by atoms with van der Waals surface area (Å²) in [6.45, 7) is 5.73. The maximum atomic E-state index is 12.8. The molecule has 6 nitrogen and oxygen atoms in total. The minimum Gasteiger partial charge on any atom is -0.381 e. The van der Waals surface area contributed by atoms with Gasteiger partial charge in [0.2, 0.25) is 0 Å². The van der Waals surface area contributed by atoms with E-state index in [-0.39, 0.29) is 18.1 Å². The van der Waals surface area contributed by atoms with Crippen molar-refractivity contribution in [2.24, 2.45) is 11.8 Å². The van der Waals surface area contributed by atoms with Gasteiger partial charge in [-0.3, -0.25) is 4.79 Å². The quantitative estimate of drug-likeness (QED) is 0.843. The van der Waals surface area contributed by atoms with E-state index >= 15 is 0 Å². The highest BCUT2D eigenvalue weighted by molar-refractivity contribution is 5.92. The van der Waals surface area contributed by atoms with Gasteiger partial charge >= 0.3 is 0 Å². The molecule has 2 aliphatic heterocycles. The van der Waals surface area contributed by atoms with Gasteiger partial charge in [0.25, 0.3) is 5.91 Å². The van der Waals surface area contributed by atoms with Crippen molar-refractivity contribution < 1.29 is 14.1 Å². The predicted octanol–water partition coefficient (Wildman–Crippen LogP) is 1.55. The number of methoxy groups -OCH3 is 1. The van der Waals surface area contributed by atoms with E-state index < -0.39 is 0 Å². The van der Waals surface area contributed by atoms with E-state index in [9.17, 15) is 4.79 Å². The number of likely N-dealkylation sites (tertiary alicyclic amines) is 2. The molecule has 1 saturated carbocycles. The van der Waals surface area contributed by atoms with E-state index in [4.69, 9.17) is 9.26 Å². The lowest BCUT2D eigenvalue weighted by atomic mass is 9.89. The second-order valence-corrected chi connectivity index (χ2v) is 7.28. The summed E-state index contributed by atoms with van der Waals surface area (Å²) in [7, 11) is 1.80. The molecule has 4 rings (SSSR count). The normalized spacial score (nSPS) is 31.4. The molecular formula is C17H25N3O3. The Kier molecular flexibility index (Phi) is 3.89. The van der Waals surface area contributed by atoms with Crippen molar-refractivity contribution in [3.8, 4) is 0 Å². The van der Waals surface area contributed by atoms with E-state index in [0.717, 1.165) is 32.0 Å². The number of nitrogens with zero attached hydrogens (tertiary/aromatic N) is 3. The number of rotatable bonds is 4. The Morgan fingerprint density at radius 3 is 2.87 bits per heavy atom. The van der Waals surface area contributed by atoms with Crippen molar-refractivity contribution >= 4 is 5.91 Å². The van der Waals surface area contributed by atoms with E-state index in [0.29, 0.717) is 17.4 Å². The van der Waals surface area contributed by atoms with Crippen molar-refractivity contribution in [3.63, 3.8) is 0 Å². The molecule has 1 aliphatic carbocycles. The van der Waals surface area contributed by atoms with Crippen LogP contribution in [0.25, 0.3) is 0 Å². The highest BCUT2D eigenvalue weighted by atomic mass is 16.5. The highest BCUT2D eigenvalue weighted by Crippen LogP contribution is 2.36. The monoisotopic (exact) mass is 319 g/mol. The fourth-order valence-electron chi connectivity index (χ4n) is 4.21. The Labute approximate surface area is 136 Å². The van der Waals surface area contributed by atoms with Gasteiger partial charge in [-0.2, -0.15) is 0 Å². The Morgan fingerprint density at radius 1 is 1.39 bits per heavy atom. The Hall–Kier alpha value is -1.40. The largest absolute Gasteiger partial charge is 0.381 e. The van der Waals surface area contributed by atoms with Gasteiger partial charge < -0.3 is 19.1 Å². The number of ether oxygens (including phenoxy) is 1. The molecule has 1 aromatic heterocycles. The lowest BCUT2D eigenvalue weighted by Crippen LogP contribution is -2.53. The average molecular weight is 319 g/mol. The summed E-state index contributed by atoms with van der Waals surface area (Å²) in [5.41, 5.74) is 0.428. The number of amides is 1. The summed E-state index contributed by atoms with van der Waals surface area (Å²) in [6, 6.07) is 1.97. The molecule has 1 aromatic rings. The van der Waals surface area contributed by atoms with Crippen LogP contribution in [-0.4, -0.2) is 66.3 Å². The van der Waals surface area contributed by atoms with Crippen LogP contribution in [0.3, 0.4) is 0 Å². The van der Waals surface area contributed by atoms with Gasteiger partial charge in [-0.15, -0.1) is 0 Å². The smallest absolute Gasteiger partial charge is 0.276 e. The number of hydrogen-bond donors (Lipinski definition) is 0. The molecule has 3 atom stereocenters. The van der Waals surface area contributed by atoms with Crippen LogP contribution in [0.1, 0.15) is 35.5 Å². The average Bonchev–Trinajstić information content (AvgIpc) is 3.07. The number of piperidine rings is 1. The lowest BCUT2D eigenvalue weighted by molar-refractivity contribution is -0.0159. The van der Waals surface area contributed by atoms with Gasteiger partial charge in [-0.05, 0) is 32.1 Å². The number of aryl methyl sites for hydroxylation is 1. The third-order valence-corrected chi connectivity index (χ3v) is 5.56. The van der Waals surface area contributed by atoms with Gasteiger partial charge in [0.05, 0.1) is 12.1 Å². The van der Waals surface area contributed by atoms with E-state index in [1.807, 2.05) is 11.8 Å². The second kappa shape index (κ2) is 5.91. The standard InChI is InChI=1S/C17H25N3O3/c1-11-7-14(18-23-11)17(21)20-6-5-16(22-2)13-9-19(10-15(13)20)8-12-3-4-12/h7,12-13,15-16H,3-6,8-10H2,1-2H3/t13-,15+,16+/m0/s1. The summed E-state index contributed by atoms with van der Waals surface area (Å²) >= 11 is 0. The molecule has 3 aliphatic rings. The van der Waals surface area contributed by atoms with Crippen LogP contribution < -0.4 is 0 Å². The van der Waals surface area contributed by atoms with Gasteiger partial charge in [-0.25, -0.2) is 0 Å². The zero-order valence-corrected chi connectivity index (χ0v) is 13.9. The number of fused-ring (bicyclic) bond motifs is 1. The molecule has 6 heteroatoms. The summed E-state index contributed by atoms with van der Waals surface area (Å²) in [6.07, 6.45) is 3.88. The number of hydrogen-bond acceptors (Lipinski definition) is 5. The first-order valence-electron chi connectivity index (χ1n) is 8.65. The van der Waals surface area contributed by atoms with Crippen LogP contribution >= 0.6 is 0 Å². The fraction of sp³-hybridized carbons (Fsp3) is 0.765. The molecule has 3 fully saturated rings. The van der Waals surface area contributed by atoms with Crippen LogP contribution in [0.5, 0.6) is 0 Å². The van der Waals surface area contributed by atoms with Gasteiger partial charge in [0, 0.05) is 45.3 Å². The lowest BCUT2D eigenvalue weighted by Gasteiger charge is -2.40. The molecule has 3 heterocycles. The van der Waals surface area contributed by atoms with Gasteiger partial charge in [-0.1, -0.05) is 5.16 Å². The van der Waals surface area contributed by atoms with E-state index in [2.05, 4.69) is 10.1 Å². The number of carbonyl (C=O) groups excluding carboxylic acids is 1. The SMILES string of the molecule is CO[C@@H]1CCN(C(=O)c2cc(C)on2)[C@@H]2CN(CC3CC3)C[C@@H]21. The maximum absolute atomic E-state index is 12.8. The van der Waals surface area contributed by atoms with Crippen molar-refractivity contribution in [2.75, 3.05) is 33.3 Å². The Morgan fingerprint density at radius 2 is 2.22 bits per heavy atom. The van der Waals surface area contributed by atoms with Crippen molar-refractivity contribution in [2.45, 2.75) is 38.3 Å². The van der Waals surface area contributed by atoms with Gasteiger partial charge in [0.15, 0.2) is 5.69 Å². The second-order valence-electron chi connectivity index (χ2n) is 7.28. The number of carbonyl (C=O) groups is 1. The first kappa shape index (κ1) is 15.1. The van der Waals surface area contributed by atoms with Crippen LogP contribution in [-0.2, 0) is 4.74 Å². The molecule has 0 bridgehead atoms. The number of aromatic nitrogens is 1. The molecular weight excluding hydrogens is 294 g/mol. The molecule has 2 saturated heterocycles. The molecule has 0 radical (unpaired) electrons. The maximum Gasteiger partial charge on any atom is 0.276 e. The van der Waals surface area contributed by atoms with Crippen LogP contribution in [0.4, 0.5) is 0 Å². The van der Waals surface area contributed by atoms with E-state index in [1.54, 1.807) is 13.2 Å². The highest BCUT2D eigenvalue weighted by Gasteiger charge is 2.47. The summed E-state index contributed by atoms with van der Waals surface area (Å²) in [4.78, 5) is 17.4. The first-order chi connectivity index (χ1) is 11.2. The summed E-state index contributed by atoms with van der Waals surface area (Å²) in [5, 5.41) is 3.91. The zero-order valence-electron chi connectivity index (χ0n) is 13.9. The van der Waals surface area contributed by atoms with Gasteiger partial charge in [0.1, 0.15) is 5.76 Å². The minimum atomic E-state index is -0.000301. The van der Waals surface area contributed by atoms with Crippen molar-refractivity contribution in [3.05, 3.63) is 17.5 Å². The Balaban J connectivity index is 1.52. The molecule has 0 spiro atoms. The first-order valence-corrected chi connectivity index (χ1v) is 8.65. The fourth-order valence-corrected chi connectivity index (χ4v) is 4.21. The Bertz CT molecular complexity index is 583. The molecule has 23 heavy (non-hydrogen) atoms. The minimum absolute atomic E-state index is 0.000301. The topological polar surface area (TPSA) is 58.8 Å². The third kappa shape index (κ3) is 2.90. The van der Waals surface area contributed by atoms with Crippen molar-refractivity contribution in [1.29, 1.82) is 0 Å². The molecule has 0 N–H and O–H groups in total. The predicted molar refractivity (Wildman–Crippen MR) is 84.1 cm³/mol. The molecule has 126 valence electrons. The summed E-state index contributed by atoms with van der Waals surface area (Å²) < 4.78 is 10.8. The van der Waals surface area contributed by atoms with Crippen molar-refractivity contribution in [1.82, 2.24) is 15.0 Å². The third-order valence-electron chi connectivity index (χ3n) is 5.56.